The van der Waals surface area contributed by atoms with Gasteiger partial charge < -0.3 is 15.3 Å². The summed E-state index contributed by atoms with van der Waals surface area (Å²) >= 11 is 0. The summed E-state index contributed by atoms with van der Waals surface area (Å²) < 4.78 is 0. The highest BCUT2D eigenvalue weighted by Gasteiger charge is 2.66. The number of allylic oxidation sites excluding steroid dienone is 10. The van der Waals surface area contributed by atoms with Crippen LogP contribution in [0.2, 0.25) is 0 Å². The lowest BCUT2D eigenvalue weighted by molar-refractivity contribution is -0.131. The topological polar surface area (TPSA) is 112 Å². The molecule has 90 heavy (non-hydrogen) atoms. The van der Waals surface area contributed by atoms with Gasteiger partial charge in [-0.15, -0.1) is 19.3 Å². The number of terminal acetylenes is 3. The van der Waals surface area contributed by atoms with Crippen molar-refractivity contribution in [3.63, 3.8) is 0 Å². The summed E-state index contributed by atoms with van der Waals surface area (Å²) in [6.45, 7) is 13.5. The minimum absolute atomic E-state index is 0.0125. The van der Waals surface area contributed by atoms with E-state index in [-0.39, 0.29) is 21.7 Å². The van der Waals surface area contributed by atoms with E-state index in [2.05, 4.69) is 71.5 Å². The average Bonchev–Trinajstić information content (AvgIpc) is 1.50. The molecule has 16 aliphatic carbocycles. The molecule has 0 spiro atoms. The lowest BCUT2D eigenvalue weighted by Gasteiger charge is -2.55. The molecule has 10 fully saturated rings. The molecule has 0 aromatic carbocycles. The van der Waals surface area contributed by atoms with E-state index in [0.29, 0.717) is 76.5 Å². The minimum atomic E-state index is -0.893. The van der Waals surface area contributed by atoms with Crippen molar-refractivity contribution in [3.05, 3.63) is 68.9 Å². The molecule has 3 N–H and O–H groups in total. The predicted molar refractivity (Wildman–Crippen MR) is 362 cm³/mol. The van der Waals surface area contributed by atoms with Crippen LogP contribution in [-0.4, -0.2) is 49.5 Å². The van der Waals surface area contributed by atoms with E-state index in [4.69, 9.17) is 19.3 Å². The molecule has 0 radical (unpaired) electrons. The van der Waals surface area contributed by atoms with E-state index in [9.17, 15) is 29.7 Å². The Bertz CT molecular complexity index is 3090. The van der Waals surface area contributed by atoms with Gasteiger partial charge in [-0.25, -0.2) is 0 Å². The van der Waals surface area contributed by atoms with Crippen molar-refractivity contribution in [2.75, 3.05) is 0 Å². The molecule has 10 saturated carbocycles. The Hall–Kier alpha value is -3.99. The number of fused-ring (bicyclic) bond motifs is 18. The van der Waals surface area contributed by atoms with Crippen LogP contribution in [-0.2, 0) is 14.4 Å². The van der Waals surface area contributed by atoms with Gasteiger partial charge in [-0.1, -0.05) is 102 Å². The maximum atomic E-state index is 12.5. The number of hydrogen-bond donors (Lipinski definition) is 3. The number of ketones is 3. The van der Waals surface area contributed by atoms with E-state index >= 15 is 0 Å². The Morgan fingerprint density at radius 1 is 0.411 bits per heavy atom. The summed E-state index contributed by atoms with van der Waals surface area (Å²) in [6, 6.07) is 0. The first-order valence-corrected chi connectivity index (χ1v) is 37.6. The van der Waals surface area contributed by atoms with Crippen molar-refractivity contribution in [3.8, 4) is 37.0 Å². The first-order valence-electron chi connectivity index (χ1n) is 37.6. The Labute approximate surface area is 544 Å². The molecule has 0 amide bonds. The number of carbonyl (C=O) groups is 3. The highest BCUT2D eigenvalue weighted by atomic mass is 16.3. The van der Waals surface area contributed by atoms with Crippen molar-refractivity contribution >= 4 is 17.3 Å². The number of Topliss-reactive ketones (excluding diaryl/α,β-unsaturated/α-hetero) is 1. The van der Waals surface area contributed by atoms with Gasteiger partial charge in [0.25, 0.3) is 0 Å². The highest BCUT2D eigenvalue weighted by molar-refractivity contribution is 5.92. The average molecular weight is 1220 g/mol. The quantitative estimate of drug-likeness (QED) is 0.191. The molecule has 0 saturated heterocycles. The molecule has 6 nitrogen and oxygen atoms in total. The minimum Gasteiger partial charge on any atom is -0.377 e. The fourth-order valence-electron chi connectivity index (χ4n) is 27.1. The standard InChI is InChI=1S/C22H30O.2C21H28O2.C20H28O/c1-4-21-12-10-18-17-8-6-15(3)14-16(17)7-9-19(18)20(21)11-13-22(21,23)5-2;2*1-3-20-11-9-17-16-8-6-15(22)13-14(16)5-7-18(17)19(20)10-12-21(20,23)4-2;1-3-20-11-10-16-15-6-4-13(2)12-14(15)5-7-17(16)18(20)8-9-19(20)21/h2,6,18-20,23H,4,7-14H2,1,3H3;2*2,13,16-19,23H,3,5-12H2,1H3;4,16-18H,3,5-12H2,1-2H3/t18?,19?,20?,21-,22-;2*16?,17?,18?,19?,20-,21-;16?,17?,18?,20-/m0000/s1. The second-order valence-corrected chi connectivity index (χ2v) is 33.3. The molecule has 21 atom stereocenters. The molecule has 16 rings (SSSR count). The van der Waals surface area contributed by atoms with Gasteiger partial charge in [0, 0.05) is 40.9 Å². The number of hydrogen-bond acceptors (Lipinski definition) is 6. The lowest BCUT2D eigenvalue weighted by Crippen LogP contribution is -2.53. The van der Waals surface area contributed by atoms with E-state index in [1.165, 1.54) is 114 Å². The van der Waals surface area contributed by atoms with Crippen LogP contribution in [0, 0.1) is 142 Å². The zero-order valence-electron chi connectivity index (χ0n) is 56.6. The summed E-state index contributed by atoms with van der Waals surface area (Å²) in [5, 5.41) is 33.4. The Morgan fingerprint density at radius 3 is 1.23 bits per heavy atom. The van der Waals surface area contributed by atoms with Gasteiger partial charge in [0.05, 0.1) is 0 Å². The smallest absolute Gasteiger partial charge is 0.155 e. The van der Waals surface area contributed by atoms with Gasteiger partial charge in [-0.2, -0.15) is 0 Å². The van der Waals surface area contributed by atoms with Gasteiger partial charge in [0.15, 0.2) is 11.6 Å². The lowest BCUT2D eigenvalue weighted by atomic mass is 9.49. The van der Waals surface area contributed by atoms with Crippen molar-refractivity contribution < 1.29 is 29.7 Å². The van der Waals surface area contributed by atoms with Crippen LogP contribution in [0.3, 0.4) is 0 Å². The van der Waals surface area contributed by atoms with Crippen LogP contribution in [0.15, 0.2) is 68.9 Å². The van der Waals surface area contributed by atoms with Gasteiger partial charge in [-0.3, -0.25) is 14.4 Å². The summed E-state index contributed by atoms with van der Waals surface area (Å²) in [5.74, 6) is 19.4. The fraction of sp³-hybridized carbons (Fsp3) is 0.750. The third-order valence-corrected chi connectivity index (χ3v) is 31.4. The van der Waals surface area contributed by atoms with Crippen LogP contribution in [0.25, 0.3) is 0 Å². The van der Waals surface area contributed by atoms with E-state index < -0.39 is 16.8 Å². The van der Waals surface area contributed by atoms with Gasteiger partial charge in [-0.05, 0) is 321 Å². The second kappa shape index (κ2) is 24.7. The molecule has 0 aromatic heterocycles. The molecule has 0 aromatic rings. The SMILES string of the molecule is C#C[C@]1(O)CCC2C3CCC4=C(CC=C(C)C4)C3CC[C@@]21CC.C#C[C@]1(O)CCC2C3CCC4=CC(=O)CCC4C3CC[C@@]21CC.C#C[C@]1(O)CCC2C3CCC4=CC(=O)CCC4C3CC[C@@]21CC.CC[C@]12CCC3C4=C(CCC3C1CCC2=O)CC(C)=CC4. The molecule has 14 unspecified atom stereocenters. The molecule has 16 aliphatic rings. The van der Waals surface area contributed by atoms with Gasteiger partial charge in [0.1, 0.15) is 22.6 Å². The zero-order chi connectivity index (χ0) is 63.3. The summed E-state index contributed by atoms with van der Waals surface area (Å²) in [4.78, 5) is 36.0. The summed E-state index contributed by atoms with van der Waals surface area (Å²) in [6.07, 6.45) is 65.6. The van der Waals surface area contributed by atoms with Gasteiger partial charge in [0.2, 0.25) is 0 Å². The van der Waals surface area contributed by atoms with Crippen LogP contribution in [0.5, 0.6) is 0 Å². The molecule has 6 heteroatoms. The van der Waals surface area contributed by atoms with Gasteiger partial charge >= 0.3 is 0 Å². The van der Waals surface area contributed by atoms with Crippen LogP contribution < -0.4 is 0 Å². The monoisotopic (exact) mass is 1220 g/mol. The third kappa shape index (κ3) is 9.97. The van der Waals surface area contributed by atoms with Crippen molar-refractivity contribution in [1.29, 1.82) is 0 Å². The maximum Gasteiger partial charge on any atom is 0.155 e. The summed E-state index contributed by atoms with van der Waals surface area (Å²) in [5.41, 5.74) is 10.4. The number of carbonyl (C=O) groups excluding carboxylic acids is 3. The summed E-state index contributed by atoms with van der Waals surface area (Å²) in [7, 11) is 0. The molecule has 0 heterocycles. The van der Waals surface area contributed by atoms with Crippen molar-refractivity contribution in [2.24, 2.45) is 105 Å². The van der Waals surface area contributed by atoms with Crippen molar-refractivity contribution in [2.45, 2.75) is 289 Å². The highest BCUT2D eigenvalue weighted by Crippen LogP contribution is 2.70. The maximum absolute atomic E-state index is 12.5. The zero-order valence-corrected chi connectivity index (χ0v) is 56.6. The van der Waals surface area contributed by atoms with Crippen LogP contribution >= 0.6 is 0 Å². The fourth-order valence-corrected chi connectivity index (χ4v) is 27.1. The molecule has 486 valence electrons. The largest absolute Gasteiger partial charge is 0.377 e. The van der Waals surface area contributed by atoms with Crippen LogP contribution in [0.4, 0.5) is 0 Å². The van der Waals surface area contributed by atoms with Crippen LogP contribution in [0.1, 0.15) is 273 Å². The number of rotatable bonds is 4. The van der Waals surface area contributed by atoms with Crippen molar-refractivity contribution in [1.82, 2.24) is 0 Å². The Kier molecular flexibility index (Phi) is 17.7. The molecular weight excluding hydrogens is 1100 g/mol. The van der Waals surface area contributed by atoms with E-state index in [1.807, 2.05) is 12.2 Å². The van der Waals surface area contributed by atoms with E-state index in [0.717, 1.165) is 152 Å². The molecular formula is C84H114O6. The normalized spacial score (nSPS) is 46.4. The second-order valence-electron chi connectivity index (χ2n) is 33.3. The number of aliphatic hydroxyl groups is 3. The Balaban J connectivity index is 0.000000110. The predicted octanol–water partition coefficient (Wildman–Crippen LogP) is 18.0. The Morgan fingerprint density at radius 2 is 0.811 bits per heavy atom. The first kappa shape index (κ1) is 64.7. The molecule has 0 bridgehead atoms. The first-order chi connectivity index (χ1) is 43.3. The van der Waals surface area contributed by atoms with E-state index in [1.54, 1.807) is 33.4 Å². The molecule has 0 aliphatic heterocycles. The third-order valence-electron chi connectivity index (χ3n) is 31.4.